The van der Waals surface area contributed by atoms with E-state index in [0.29, 0.717) is 13.2 Å². The molecule has 0 radical (unpaired) electrons. The SMILES string of the molecule is CCOC(/C=C/c1ccc(N(CC)CC)cc1)OCC. The van der Waals surface area contributed by atoms with Gasteiger partial charge in [0.1, 0.15) is 0 Å². The first-order valence-electron chi connectivity index (χ1n) is 7.51. The zero-order chi connectivity index (χ0) is 14.8. The van der Waals surface area contributed by atoms with Crippen LogP contribution in [-0.4, -0.2) is 32.6 Å². The van der Waals surface area contributed by atoms with Gasteiger partial charge in [0.2, 0.25) is 0 Å². The summed E-state index contributed by atoms with van der Waals surface area (Å²) in [5.74, 6) is 0. The quantitative estimate of drug-likeness (QED) is 0.638. The minimum absolute atomic E-state index is 0.257. The molecule has 20 heavy (non-hydrogen) atoms. The Morgan fingerprint density at radius 2 is 1.50 bits per heavy atom. The highest BCUT2D eigenvalue weighted by Gasteiger charge is 2.03. The summed E-state index contributed by atoms with van der Waals surface area (Å²) < 4.78 is 11.0. The van der Waals surface area contributed by atoms with Crippen LogP contribution in [0.2, 0.25) is 0 Å². The summed E-state index contributed by atoms with van der Waals surface area (Å²) in [6.45, 7) is 11.6. The van der Waals surface area contributed by atoms with Crippen LogP contribution in [0.25, 0.3) is 6.08 Å². The molecule has 0 aromatic heterocycles. The van der Waals surface area contributed by atoms with Gasteiger partial charge in [-0.15, -0.1) is 0 Å². The average molecular weight is 277 g/mol. The Labute approximate surface area is 123 Å². The number of ether oxygens (including phenoxy) is 2. The van der Waals surface area contributed by atoms with E-state index in [4.69, 9.17) is 9.47 Å². The number of hydrogen-bond acceptors (Lipinski definition) is 3. The number of hydrogen-bond donors (Lipinski definition) is 0. The van der Waals surface area contributed by atoms with Crippen molar-refractivity contribution >= 4 is 11.8 Å². The molecule has 0 aliphatic rings. The Balaban J connectivity index is 2.68. The Morgan fingerprint density at radius 3 is 1.95 bits per heavy atom. The van der Waals surface area contributed by atoms with Crippen LogP contribution in [0, 0.1) is 0 Å². The third-order valence-corrected chi connectivity index (χ3v) is 3.13. The molecule has 0 N–H and O–H groups in total. The zero-order valence-electron chi connectivity index (χ0n) is 13.1. The van der Waals surface area contributed by atoms with E-state index in [0.717, 1.165) is 18.7 Å². The predicted molar refractivity (Wildman–Crippen MR) is 86.1 cm³/mol. The van der Waals surface area contributed by atoms with Crippen LogP contribution >= 0.6 is 0 Å². The molecule has 1 rings (SSSR count). The molecule has 1 aromatic rings. The third-order valence-electron chi connectivity index (χ3n) is 3.13. The lowest BCUT2D eigenvalue weighted by Gasteiger charge is -2.20. The van der Waals surface area contributed by atoms with Gasteiger partial charge in [0.25, 0.3) is 0 Å². The van der Waals surface area contributed by atoms with Gasteiger partial charge >= 0.3 is 0 Å². The third kappa shape index (κ3) is 5.35. The molecule has 0 saturated carbocycles. The molecular weight excluding hydrogens is 250 g/mol. The van der Waals surface area contributed by atoms with Gasteiger partial charge in [-0.05, 0) is 51.5 Å². The van der Waals surface area contributed by atoms with Gasteiger partial charge < -0.3 is 14.4 Å². The van der Waals surface area contributed by atoms with Crippen LogP contribution in [0.15, 0.2) is 30.3 Å². The van der Waals surface area contributed by atoms with Crippen molar-refractivity contribution in [2.24, 2.45) is 0 Å². The van der Waals surface area contributed by atoms with Crippen LogP contribution in [0.4, 0.5) is 5.69 Å². The van der Waals surface area contributed by atoms with Gasteiger partial charge in [-0.2, -0.15) is 0 Å². The lowest BCUT2D eigenvalue weighted by Crippen LogP contribution is -2.21. The monoisotopic (exact) mass is 277 g/mol. The molecule has 112 valence electrons. The van der Waals surface area contributed by atoms with Crippen molar-refractivity contribution < 1.29 is 9.47 Å². The van der Waals surface area contributed by atoms with E-state index in [2.05, 4.69) is 43.0 Å². The van der Waals surface area contributed by atoms with Crippen LogP contribution in [0.5, 0.6) is 0 Å². The largest absolute Gasteiger partial charge is 0.372 e. The highest BCUT2D eigenvalue weighted by atomic mass is 16.7. The van der Waals surface area contributed by atoms with E-state index >= 15 is 0 Å². The lowest BCUT2D eigenvalue weighted by molar-refractivity contribution is -0.103. The normalized spacial score (nSPS) is 11.4. The second-order valence-corrected chi connectivity index (χ2v) is 4.40. The zero-order valence-corrected chi connectivity index (χ0v) is 13.1. The van der Waals surface area contributed by atoms with Gasteiger partial charge in [0.15, 0.2) is 6.29 Å². The molecule has 0 amide bonds. The van der Waals surface area contributed by atoms with E-state index in [1.807, 2.05) is 26.0 Å². The molecule has 0 aliphatic heterocycles. The highest BCUT2D eigenvalue weighted by molar-refractivity contribution is 5.56. The van der Waals surface area contributed by atoms with E-state index in [-0.39, 0.29) is 6.29 Å². The van der Waals surface area contributed by atoms with Crippen LogP contribution < -0.4 is 4.90 Å². The molecular formula is C17H27NO2. The molecule has 3 heteroatoms. The molecule has 0 saturated heterocycles. The average Bonchev–Trinajstić information content (AvgIpc) is 2.48. The van der Waals surface area contributed by atoms with Crippen LogP contribution in [0.3, 0.4) is 0 Å². The standard InChI is InChI=1S/C17H27NO2/c1-5-18(6-2)16-12-9-15(10-13-16)11-14-17(19-7-3)20-8-4/h9-14,17H,5-8H2,1-4H3/b14-11+. The summed E-state index contributed by atoms with van der Waals surface area (Å²) >= 11 is 0. The number of rotatable bonds is 9. The molecule has 0 heterocycles. The fraction of sp³-hybridized carbons (Fsp3) is 0.529. The first-order chi connectivity index (χ1) is 9.74. The Morgan fingerprint density at radius 1 is 0.950 bits per heavy atom. The van der Waals surface area contributed by atoms with E-state index in [1.165, 1.54) is 5.69 Å². The lowest BCUT2D eigenvalue weighted by atomic mass is 10.2. The smallest absolute Gasteiger partial charge is 0.177 e. The molecule has 0 aliphatic carbocycles. The minimum atomic E-state index is -0.257. The molecule has 0 atom stereocenters. The van der Waals surface area contributed by atoms with Gasteiger partial charge in [0, 0.05) is 32.0 Å². The molecule has 0 fully saturated rings. The fourth-order valence-corrected chi connectivity index (χ4v) is 2.06. The second-order valence-electron chi connectivity index (χ2n) is 4.40. The molecule has 0 unspecified atom stereocenters. The maximum absolute atomic E-state index is 5.48. The van der Waals surface area contributed by atoms with Crippen molar-refractivity contribution in [1.29, 1.82) is 0 Å². The summed E-state index contributed by atoms with van der Waals surface area (Å²) in [7, 11) is 0. The van der Waals surface area contributed by atoms with E-state index in [1.54, 1.807) is 0 Å². The highest BCUT2D eigenvalue weighted by Crippen LogP contribution is 2.16. The minimum Gasteiger partial charge on any atom is -0.372 e. The molecule has 0 bridgehead atoms. The summed E-state index contributed by atoms with van der Waals surface area (Å²) in [6.07, 6.45) is 3.74. The van der Waals surface area contributed by atoms with Gasteiger partial charge in [-0.3, -0.25) is 0 Å². The van der Waals surface area contributed by atoms with Crippen molar-refractivity contribution in [1.82, 2.24) is 0 Å². The predicted octanol–water partition coefficient (Wildman–Crippen LogP) is 3.95. The maximum atomic E-state index is 5.48. The van der Waals surface area contributed by atoms with Gasteiger partial charge in [0.05, 0.1) is 0 Å². The van der Waals surface area contributed by atoms with Crippen LogP contribution in [0.1, 0.15) is 33.3 Å². The molecule has 3 nitrogen and oxygen atoms in total. The van der Waals surface area contributed by atoms with Crippen molar-refractivity contribution in [3.8, 4) is 0 Å². The summed E-state index contributed by atoms with van der Waals surface area (Å²) in [5, 5.41) is 0. The maximum Gasteiger partial charge on any atom is 0.177 e. The van der Waals surface area contributed by atoms with Crippen LogP contribution in [-0.2, 0) is 9.47 Å². The Bertz CT molecular complexity index is 376. The number of anilines is 1. The fourth-order valence-electron chi connectivity index (χ4n) is 2.06. The van der Waals surface area contributed by atoms with E-state index < -0.39 is 0 Å². The van der Waals surface area contributed by atoms with Crippen molar-refractivity contribution in [2.75, 3.05) is 31.2 Å². The van der Waals surface area contributed by atoms with Crippen molar-refractivity contribution in [3.63, 3.8) is 0 Å². The first-order valence-corrected chi connectivity index (χ1v) is 7.51. The van der Waals surface area contributed by atoms with E-state index in [9.17, 15) is 0 Å². The van der Waals surface area contributed by atoms with Gasteiger partial charge in [-0.25, -0.2) is 0 Å². The molecule has 1 aromatic carbocycles. The topological polar surface area (TPSA) is 21.7 Å². The second kappa shape index (κ2) is 9.56. The summed E-state index contributed by atoms with van der Waals surface area (Å²) in [5.41, 5.74) is 2.42. The summed E-state index contributed by atoms with van der Waals surface area (Å²) in [6, 6.07) is 8.56. The first kappa shape index (κ1) is 16.7. The Hall–Kier alpha value is -1.32. The number of nitrogens with zero attached hydrogens (tertiary/aromatic N) is 1. The summed E-state index contributed by atoms with van der Waals surface area (Å²) in [4.78, 5) is 2.33. The number of benzene rings is 1. The van der Waals surface area contributed by atoms with Crippen molar-refractivity contribution in [2.45, 2.75) is 34.0 Å². The van der Waals surface area contributed by atoms with Gasteiger partial charge in [-0.1, -0.05) is 18.2 Å². The van der Waals surface area contributed by atoms with Crippen molar-refractivity contribution in [3.05, 3.63) is 35.9 Å². The molecule has 0 spiro atoms. The Kier molecular flexibility index (Phi) is 8.00.